The van der Waals surface area contributed by atoms with E-state index in [0.717, 1.165) is 0 Å². The van der Waals surface area contributed by atoms with Crippen LogP contribution in [0.2, 0.25) is 19.6 Å². The molecule has 0 amide bonds. The van der Waals surface area contributed by atoms with E-state index in [0.29, 0.717) is 12.2 Å². The maximum Gasteiger partial charge on any atom is 0.315 e. The number of carbonyl (C=O) groups excluding carboxylic acids is 2. The zero-order valence-electron chi connectivity index (χ0n) is 14.2. The van der Waals surface area contributed by atoms with Crippen LogP contribution in [0.15, 0.2) is 11.8 Å². The minimum Gasteiger partial charge on any atom is -0.547 e. The van der Waals surface area contributed by atoms with Gasteiger partial charge in [0.25, 0.3) is 0 Å². The highest BCUT2D eigenvalue weighted by Crippen LogP contribution is 2.32. The summed E-state index contributed by atoms with van der Waals surface area (Å²) in [4.78, 5) is 23.6. The van der Waals surface area contributed by atoms with E-state index in [1.807, 2.05) is 0 Å². The van der Waals surface area contributed by atoms with Crippen molar-refractivity contribution in [2.24, 2.45) is 5.92 Å². The van der Waals surface area contributed by atoms with E-state index in [1.165, 1.54) is 14.0 Å². The topological polar surface area (TPSA) is 71.1 Å². The predicted molar refractivity (Wildman–Crippen MR) is 83.6 cm³/mol. The van der Waals surface area contributed by atoms with Crippen LogP contribution in [0.25, 0.3) is 0 Å². The van der Waals surface area contributed by atoms with Crippen molar-refractivity contribution in [1.29, 1.82) is 0 Å². The van der Waals surface area contributed by atoms with Crippen LogP contribution in [-0.4, -0.2) is 46.2 Å². The van der Waals surface area contributed by atoms with Crippen LogP contribution in [0.1, 0.15) is 20.3 Å². The molecule has 0 spiro atoms. The quantitative estimate of drug-likeness (QED) is 0.549. The molecule has 1 aliphatic carbocycles. The SMILES string of the molecule is CCOC(=O)[C@H]1[C@@H](OC)C=C(O[Si](C)(C)C)C[C@@H]1OC(C)=O. The van der Waals surface area contributed by atoms with Gasteiger partial charge in [-0.15, -0.1) is 0 Å². The fourth-order valence-electron chi connectivity index (χ4n) is 2.43. The average molecular weight is 330 g/mol. The summed E-state index contributed by atoms with van der Waals surface area (Å²) in [7, 11) is -0.292. The number of carbonyl (C=O) groups is 2. The van der Waals surface area contributed by atoms with Crippen LogP contribution in [-0.2, 0) is 28.2 Å². The zero-order valence-corrected chi connectivity index (χ0v) is 15.2. The van der Waals surface area contributed by atoms with Crippen LogP contribution in [0, 0.1) is 5.92 Å². The molecule has 1 rings (SSSR count). The van der Waals surface area contributed by atoms with Crippen molar-refractivity contribution in [2.75, 3.05) is 13.7 Å². The molecule has 0 aliphatic heterocycles. The molecular weight excluding hydrogens is 304 g/mol. The minimum atomic E-state index is -1.80. The molecule has 1 aliphatic rings. The van der Waals surface area contributed by atoms with Crippen LogP contribution < -0.4 is 0 Å². The fourth-order valence-corrected chi connectivity index (χ4v) is 3.37. The van der Waals surface area contributed by atoms with Crippen LogP contribution in [0.4, 0.5) is 0 Å². The molecule has 0 heterocycles. The van der Waals surface area contributed by atoms with E-state index in [4.69, 9.17) is 18.6 Å². The van der Waals surface area contributed by atoms with Gasteiger partial charge in [-0.1, -0.05) is 0 Å². The summed E-state index contributed by atoms with van der Waals surface area (Å²) in [5.41, 5.74) is 0. The van der Waals surface area contributed by atoms with Gasteiger partial charge in [-0.05, 0) is 32.6 Å². The highest BCUT2D eigenvalue weighted by atomic mass is 28.4. The molecule has 0 radical (unpaired) electrons. The Bertz CT molecular complexity index is 440. The lowest BCUT2D eigenvalue weighted by atomic mass is 9.87. The van der Waals surface area contributed by atoms with Crippen molar-refractivity contribution in [3.63, 3.8) is 0 Å². The van der Waals surface area contributed by atoms with Gasteiger partial charge in [0.15, 0.2) is 0 Å². The molecule has 0 saturated heterocycles. The third kappa shape index (κ3) is 5.45. The fraction of sp³-hybridized carbons (Fsp3) is 0.733. The largest absolute Gasteiger partial charge is 0.547 e. The molecule has 6 nitrogen and oxygen atoms in total. The molecule has 0 aromatic rings. The van der Waals surface area contributed by atoms with Gasteiger partial charge < -0.3 is 18.6 Å². The van der Waals surface area contributed by atoms with Crippen molar-refractivity contribution in [3.8, 4) is 0 Å². The van der Waals surface area contributed by atoms with Crippen LogP contribution >= 0.6 is 0 Å². The molecule has 0 fully saturated rings. The van der Waals surface area contributed by atoms with Gasteiger partial charge in [0.1, 0.15) is 12.0 Å². The first-order valence-electron chi connectivity index (χ1n) is 7.44. The predicted octanol–water partition coefficient (Wildman–Crippen LogP) is 2.25. The zero-order chi connectivity index (χ0) is 16.9. The molecule has 0 bridgehead atoms. The molecule has 0 N–H and O–H groups in total. The standard InChI is InChI=1S/C15H26O6Si/c1-7-19-15(17)14-12(18-3)8-11(21-22(4,5)6)9-13(14)20-10(2)16/h8,12-14H,7,9H2,1-6H3/t12-,13-,14-/m0/s1. The Morgan fingerprint density at radius 1 is 1.32 bits per heavy atom. The van der Waals surface area contributed by atoms with E-state index in [9.17, 15) is 9.59 Å². The van der Waals surface area contributed by atoms with Gasteiger partial charge in [0.05, 0.1) is 18.5 Å². The van der Waals surface area contributed by atoms with Crippen molar-refractivity contribution >= 4 is 20.3 Å². The monoisotopic (exact) mass is 330 g/mol. The molecule has 0 aromatic carbocycles. The molecule has 0 saturated carbocycles. The van der Waals surface area contributed by atoms with E-state index in [1.54, 1.807) is 13.0 Å². The summed E-state index contributed by atoms with van der Waals surface area (Å²) in [6.07, 6.45) is 0.967. The smallest absolute Gasteiger partial charge is 0.315 e. The molecule has 3 atom stereocenters. The van der Waals surface area contributed by atoms with Crippen molar-refractivity contribution in [3.05, 3.63) is 11.8 Å². The minimum absolute atomic E-state index is 0.264. The van der Waals surface area contributed by atoms with Crippen molar-refractivity contribution < 1.29 is 28.2 Å². The maximum atomic E-state index is 12.2. The summed E-state index contributed by atoms with van der Waals surface area (Å²) in [6, 6.07) is 0. The van der Waals surface area contributed by atoms with E-state index >= 15 is 0 Å². The first kappa shape index (κ1) is 18.7. The van der Waals surface area contributed by atoms with Gasteiger partial charge in [-0.2, -0.15) is 0 Å². The summed E-state index contributed by atoms with van der Waals surface area (Å²) < 4.78 is 21.8. The molecule has 22 heavy (non-hydrogen) atoms. The number of esters is 2. The summed E-state index contributed by atoms with van der Waals surface area (Å²) in [6.45, 7) is 9.51. The Labute approximate surface area is 132 Å². The first-order valence-corrected chi connectivity index (χ1v) is 10.8. The Morgan fingerprint density at radius 2 is 1.95 bits per heavy atom. The van der Waals surface area contributed by atoms with E-state index in [-0.39, 0.29) is 6.61 Å². The second-order valence-electron chi connectivity index (χ2n) is 6.18. The molecule has 0 unspecified atom stereocenters. The third-order valence-corrected chi connectivity index (χ3v) is 3.97. The Hall–Kier alpha value is -1.34. The number of hydrogen-bond donors (Lipinski definition) is 0. The summed E-state index contributed by atoms with van der Waals surface area (Å²) in [5.74, 6) is -0.840. The van der Waals surface area contributed by atoms with Crippen LogP contribution in [0.5, 0.6) is 0 Å². The molecule has 0 aromatic heterocycles. The molecular formula is C15H26O6Si. The lowest BCUT2D eigenvalue weighted by Gasteiger charge is -2.35. The normalized spacial score (nSPS) is 25.2. The highest BCUT2D eigenvalue weighted by molar-refractivity contribution is 6.70. The number of hydrogen-bond acceptors (Lipinski definition) is 6. The number of ether oxygens (including phenoxy) is 3. The average Bonchev–Trinajstić information content (AvgIpc) is 2.35. The van der Waals surface area contributed by atoms with Crippen molar-refractivity contribution in [2.45, 2.75) is 52.1 Å². The Kier molecular flexibility index (Phi) is 6.61. The molecule has 126 valence electrons. The maximum absolute atomic E-state index is 12.2. The second-order valence-corrected chi connectivity index (χ2v) is 10.6. The number of methoxy groups -OCH3 is 1. The number of rotatable bonds is 6. The molecule has 7 heteroatoms. The third-order valence-electron chi connectivity index (χ3n) is 3.09. The second kappa shape index (κ2) is 7.78. The van der Waals surface area contributed by atoms with Crippen molar-refractivity contribution in [1.82, 2.24) is 0 Å². The Morgan fingerprint density at radius 3 is 2.41 bits per heavy atom. The van der Waals surface area contributed by atoms with Gasteiger partial charge in [0, 0.05) is 20.5 Å². The van der Waals surface area contributed by atoms with Gasteiger partial charge in [-0.25, -0.2) is 0 Å². The van der Waals surface area contributed by atoms with Gasteiger partial charge >= 0.3 is 11.9 Å². The van der Waals surface area contributed by atoms with E-state index in [2.05, 4.69) is 19.6 Å². The van der Waals surface area contributed by atoms with Gasteiger partial charge in [-0.3, -0.25) is 9.59 Å². The van der Waals surface area contributed by atoms with Gasteiger partial charge in [0.2, 0.25) is 8.32 Å². The first-order chi connectivity index (χ1) is 10.2. The van der Waals surface area contributed by atoms with E-state index < -0.39 is 38.4 Å². The Balaban J connectivity index is 3.06. The summed E-state index contributed by atoms with van der Waals surface area (Å²) >= 11 is 0. The lowest BCUT2D eigenvalue weighted by molar-refractivity contribution is -0.167. The summed E-state index contributed by atoms with van der Waals surface area (Å²) in [5, 5.41) is 0. The highest BCUT2D eigenvalue weighted by Gasteiger charge is 2.43. The lowest BCUT2D eigenvalue weighted by Crippen LogP contribution is -2.45. The van der Waals surface area contributed by atoms with Crippen LogP contribution in [0.3, 0.4) is 0 Å².